The SMILES string of the molecule is c1cc2c(cc1OCC1CCCN1)NCC2. The van der Waals surface area contributed by atoms with E-state index in [2.05, 4.69) is 28.8 Å². The lowest BCUT2D eigenvalue weighted by molar-refractivity contribution is 0.277. The smallest absolute Gasteiger partial charge is 0.121 e. The second-order valence-electron chi connectivity index (χ2n) is 4.60. The average Bonchev–Trinajstić information content (AvgIpc) is 2.97. The molecular weight excluding hydrogens is 200 g/mol. The Hall–Kier alpha value is -1.22. The molecule has 0 radical (unpaired) electrons. The van der Waals surface area contributed by atoms with Crippen molar-refractivity contribution in [2.45, 2.75) is 25.3 Å². The molecule has 0 bridgehead atoms. The van der Waals surface area contributed by atoms with Gasteiger partial charge in [0, 0.05) is 24.3 Å². The fourth-order valence-corrected chi connectivity index (χ4v) is 2.46. The van der Waals surface area contributed by atoms with E-state index in [0.29, 0.717) is 6.04 Å². The van der Waals surface area contributed by atoms with Gasteiger partial charge in [-0.2, -0.15) is 0 Å². The molecule has 1 unspecified atom stereocenters. The van der Waals surface area contributed by atoms with Crippen LogP contribution in [0.15, 0.2) is 18.2 Å². The number of hydrogen-bond acceptors (Lipinski definition) is 3. The highest BCUT2D eigenvalue weighted by Gasteiger charge is 2.15. The molecule has 0 amide bonds. The van der Waals surface area contributed by atoms with E-state index in [0.717, 1.165) is 31.9 Å². The van der Waals surface area contributed by atoms with Gasteiger partial charge in [-0.05, 0) is 37.4 Å². The number of rotatable bonds is 3. The minimum absolute atomic E-state index is 0.543. The molecule has 1 fully saturated rings. The molecule has 2 N–H and O–H groups in total. The molecule has 1 atom stereocenters. The van der Waals surface area contributed by atoms with Crippen LogP contribution < -0.4 is 15.4 Å². The molecule has 0 spiro atoms. The van der Waals surface area contributed by atoms with Gasteiger partial charge in [0.05, 0.1) is 0 Å². The van der Waals surface area contributed by atoms with Crippen molar-refractivity contribution in [3.05, 3.63) is 23.8 Å². The second kappa shape index (κ2) is 4.34. The standard InChI is InChI=1S/C13H18N2O/c1-2-11(14-6-1)9-16-12-4-3-10-5-7-15-13(10)8-12/h3-4,8,11,14-15H,1-2,5-7,9H2. The first-order valence-electron chi connectivity index (χ1n) is 6.15. The van der Waals surface area contributed by atoms with Gasteiger partial charge < -0.3 is 15.4 Å². The fraction of sp³-hybridized carbons (Fsp3) is 0.538. The molecule has 2 heterocycles. The quantitative estimate of drug-likeness (QED) is 0.811. The molecule has 86 valence electrons. The molecule has 0 aromatic heterocycles. The summed E-state index contributed by atoms with van der Waals surface area (Å²) in [4.78, 5) is 0. The molecule has 0 saturated carbocycles. The van der Waals surface area contributed by atoms with E-state index in [1.54, 1.807) is 0 Å². The van der Waals surface area contributed by atoms with Crippen molar-refractivity contribution in [1.82, 2.24) is 5.32 Å². The minimum Gasteiger partial charge on any atom is -0.492 e. The van der Waals surface area contributed by atoms with Crippen LogP contribution in [0.5, 0.6) is 5.75 Å². The van der Waals surface area contributed by atoms with Gasteiger partial charge in [0.1, 0.15) is 12.4 Å². The van der Waals surface area contributed by atoms with E-state index >= 15 is 0 Å². The summed E-state index contributed by atoms with van der Waals surface area (Å²) in [5.41, 5.74) is 2.66. The van der Waals surface area contributed by atoms with Crippen molar-refractivity contribution in [2.24, 2.45) is 0 Å². The molecule has 0 aliphatic carbocycles. The zero-order valence-corrected chi connectivity index (χ0v) is 9.46. The van der Waals surface area contributed by atoms with Gasteiger partial charge >= 0.3 is 0 Å². The van der Waals surface area contributed by atoms with Crippen LogP contribution in [0.3, 0.4) is 0 Å². The van der Waals surface area contributed by atoms with Gasteiger partial charge in [-0.15, -0.1) is 0 Å². The molecule has 1 aromatic carbocycles. The highest BCUT2D eigenvalue weighted by Crippen LogP contribution is 2.27. The molecule has 3 heteroatoms. The summed E-state index contributed by atoms with van der Waals surface area (Å²) in [6.07, 6.45) is 3.66. The van der Waals surface area contributed by atoms with E-state index in [1.807, 2.05) is 0 Å². The van der Waals surface area contributed by atoms with Gasteiger partial charge in [0.2, 0.25) is 0 Å². The van der Waals surface area contributed by atoms with Crippen LogP contribution in [0.25, 0.3) is 0 Å². The molecule has 1 aromatic rings. The van der Waals surface area contributed by atoms with Crippen LogP contribution in [0.4, 0.5) is 5.69 Å². The Bertz CT molecular complexity index is 372. The van der Waals surface area contributed by atoms with Crippen LogP contribution in [0, 0.1) is 0 Å². The molecule has 16 heavy (non-hydrogen) atoms. The van der Waals surface area contributed by atoms with Gasteiger partial charge in [-0.25, -0.2) is 0 Å². The monoisotopic (exact) mass is 218 g/mol. The number of anilines is 1. The van der Waals surface area contributed by atoms with Crippen molar-refractivity contribution < 1.29 is 4.74 Å². The molecular formula is C13H18N2O. The van der Waals surface area contributed by atoms with E-state index in [1.165, 1.54) is 24.1 Å². The van der Waals surface area contributed by atoms with E-state index in [-0.39, 0.29) is 0 Å². The Morgan fingerprint density at radius 1 is 1.31 bits per heavy atom. The summed E-state index contributed by atoms with van der Waals surface area (Å²) in [5, 5.41) is 6.81. The Morgan fingerprint density at radius 2 is 2.31 bits per heavy atom. The third-order valence-electron chi connectivity index (χ3n) is 3.40. The topological polar surface area (TPSA) is 33.3 Å². The van der Waals surface area contributed by atoms with Crippen molar-refractivity contribution in [3.8, 4) is 5.75 Å². The first-order chi connectivity index (χ1) is 7.92. The first kappa shape index (κ1) is 9.97. The Labute approximate surface area is 96.2 Å². The summed E-state index contributed by atoms with van der Waals surface area (Å²) in [5.74, 6) is 0.988. The first-order valence-corrected chi connectivity index (χ1v) is 6.15. The van der Waals surface area contributed by atoms with Gasteiger partial charge in [-0.3, -0.25) is 0 Å². The maximum Gasteiger partial charge on any atom is 0.121 e. The second-order valence-corrected chi connectivity index (χ2v) is 4.60. The van der Waals surface area contributed by atoms with Crippen LogP contribution in [-0.2, 0) is 6.42 Å². The normalized spacial score (nSPS) is 22.9. The van der Waals surface area contributed by atoms with Crippen molar-refractivity contribution >= 4 is 5.69 Å². The van der Waals surface area contributed by atoms with Crippen molar-refractivity contribution in [2.75, 3.05) is 25.0 Å². The zero-order valence-electron chi connectivity index (χ0n) is 9.46. The van der Waals surface area contributed by atoms with Crippen molar-refractivity contribution in [3.63, 3.8) is 0 Å². The average molecular weight is 218 g/mol. The number of ether oxygens (including phenoxy) is 1. The largest absolute Gasteiger partial charge is 0.492 e. The maximum atomic E-state index is 5.81. The van der Waals surface area contributed by atoms with Gasteiger partial charge in [0.25, 0.3) is 0 Å². The predicted molar refractivity (Wildman–Crippen MR) is 65.2 cm³/mol. The van der Waals surface area contributed by atoms with Crippen LogP contribution in [0.1, 0.15) is 18.4 Å². The van der Waals surface area contributed by atoms with Gasteiger partial charge in [0.15, 0.2) is 0 Å². The fourth-order valence-electron chi connectivity index (χ4n) is 2.46. The maximum absolute atomic E-state index is 5.81. The highest BCUT2D eigenvalue weighted by atomic mass is 16.5. The van der Waals surface area contributed by atoms with Crippen LogP contribution in [0.2, 0.25) is 0 Å². The Morgan fingerprint density at radius 3 is 3.19 bits per heavy atom. The number of hydrogen-bond donors (Lipinski definition) is 2. The van der Waals surface area contributed by atoms with E-state index in [4.69, 9.17) is 4.74 Å². The molecule has 2 aliphatic heterocycles. The van der Waals surface area contributed by atoms with Crippen LogP contribution >= 0.6 is 0 Å². The van der Waals surface area contributed by atoms with Crippen LogP contribution in [-0.4, -0.2) is 25.7 Å². The lowest BCUT2D eigenvalue weighted by Gasteiger charge is -2.12. The minimum atomic E-state index is 0.543. The summed E-state index contributed by atoms with van der Waals surface area (Å²) < 4.78 is 5.81. The number of benzene rings is 1. The molecule has 1 saturated heterocycles. The predicted octanol–water partition coefficient (Wildman–Crippen LogP) is 1.79. The number of nitrogens with one attached hydrogen (secondary N) is 2. The Kier molecular flexibility index (Phi) is 2.70. The van der Waals surface area contributed by atoms with Gasteiger partial charge in [-0.1, -0.05) is 6.07 Å². The Balaban J connectivity index is 1.61. The van der Waals surface area contributed by atoms with Crippen molar-refractivity contribution in [1.29, 1.82) is 0 Å². The third-order valence-corrected chi connectivity index (χ3v) is 3.40. The van der Waals surface area contributed by atoms with E-state index < -0.39 is 0 Å². The summed E-state index contributed by atoms with van der Waals surface area (Å²) in [6, 6.07) is 6.92. The third kappa shape index (κ3) is 2.00. The molecule has 3 nitrogen and oxygen atoms in total. The van der Waals surface area contributed by atoms with E-state index in [9.17, 15) is 0 Å². The summed E-state index contributed by atoms with van der Waals surface area (Å²) in [7, 11) is 0. The summed E-state index contributed by atoms with van der Waals surface area (Å²) >= 11 is 0. The lowest BCUT2D eigenvalue weighted by Crippen LogP contribution is -2.28. The molecule has 3 rings (SSSR count). The summed E-state index contributed by atoms with van der Waals surface area (Å²) in [6.45, 7) is 2.99. The highest BCUT2D eigenvalue weighted by molar-refractivity contribution is 5.58. The zero-order chi connectivity index (χ0) is 10.8. The molecule has 2 aliphatic rings. The lowest BCUT2D eigenvalue weighted by atomic mass is 10.1. The number of fused-ring (bicyclic) bond motifs is 1.